The number of carboxylic acid groups (broad SMARTS) is 1. The van der Waals surface area contributed by atoms with Crippen LogP contribution in [-0.4, -0.2) is 41.1 Å². The first-order valence-electron chi connectivity index (χ1n) is 3.82. The number of halogens is 3. The van der Waals surface area contributed by atoms with Gasteiger partial charge < -0.3 is 10.0 Å². The molecule has 0 radical (unpaired) electrons. The van der Waals surface area contributed by atoms with Gasteiger partial charge in [-0.2, -0.15) is 13.2 Å². The van der Waals surface area contributed by atoms with Crippen molar-refractivity contribution in [3.8, 4) is 0 Å². The minimum absolute atomic E-state index is 0.0544. The van der Waals surface area contributed by atoms with Crippen LogP contribution >= 0.6 is 0 Å². The number of likely N-dealkylation sites (N-methyl/N-ethyl adjacent to an activating group) is 1. The van der Waals surface area contributed by atoms with Crippen molar-refractivity contribution in [2.75, 3.05) is 13.1 Å². The molecule has 0 heterocycles. The highest BCUT2D eigenvalue weighted by Crippen LogP contribution is 2.20. The highest BCUT2D eigenvalue weighted by molar-refractivity contribution is 5.81. The van der Waals surface area contributed by atoms with Crippen LogP contribution in [0.2, 0.25) is 0 Å². The van der Waals surface area contributed by atoms with Crippen LogP contribution in [0.25, 0.3) is 0 Å². The SMILES string of the molecule is CCN(CC(=O)O)C(=O)CC(F)(F)F. The van der Waals surface area contributed by atoms with E-state index in [1.165, 1.54) is 6.92 Å². The van der Waals surface area contributed by atoms with Crippen LogP contribution in [0.15, 0.2) is 0 Å². The van der Waals surface area contributed by atoms with Crippen LogP contribution < -0.4 is 0 Å². The lowest BCUT2D eigenvalue weighted by atomic mass is 10.3. The first-order chi connectivity index (χ1) is 6.26. The number of rotatable bonds is 4. The molecule has 4 nitrogen and oxygen atoms in total. The summed E-state index contributed by atoms with van der Waals surface area (Å²) in [7, 11) is 0. The van der Waals surface area contributed by atoms with Gasteiger partial charge in [0.25, 0.3) is 0 Å². The standard InChI is InChI=1S/C7H10F3NO3/c1-2-11(4-6(13)14)5(12)3-7(8,9)10/h2-4H2,1H3,(H,13,14). The zero-order valence-electron chi connectivity index (χ0n) is 7.47. The fourth-order valence-corrected chi connectivity index (χ4v) is 0.823. The van der Waals surface area contributed by atoms with Gasteiger partial charge in [-0.05, 0) is 6.92 Å². The molecular weight excluding hydrogens is 203 g/mol. The van der Waals surface area contributed by atoms with Crippen LogP contribution in [0.3, 0.4) is 0 Å². The summed E-state index contributed by atoms with van der Waals surface area (Å²) >= 11 is 0. The third-order valence-electron chi connectivity index (χ3n) is 1.41. The van der Waals surface area contributed by atoms with Gasteiger partial charge >= 0.3 is 12.1 Å². The van der Waals surface area contributed by atoms with E-state index in [4.69, 9.17) is 5.11 Å². The summed E-state index contributed by atoms with van der Waals surface area (Å²) in [6.45, 7) is 0.657. The van der Waals surface area contributed by atoms with Crippen LogP contribution in [-0.2, 0) is 9.59 Å². The van der Waals surface area contributed by atoms with E-state index in [-0.39, 0.29) is 6.54 Å². The van der Waals surface area contributed by atoms with E-state index in [2.05, 4.69) is 0 Å². The van der Waals surface area contributed by atoms with E-state index < -0.39 is 31.0 Å². The van der Waals surface area contributed by atoms with Gasteiger partial charge in [0.05, 0.1) is 0 Å². The maximum atomic E-state index is 11.7. The molecule has 14 heavy (non-hydrogen) atoms. The van der Waals surface area contributed by atoms with Crippen LogP contribution in [0.4, 0.5) is 13.2 Å². The third-order valence-corrected chi connectivity index (χ3v) is 1.41. The average molecular weight is 213 g/mol. The normalized spacial score (nSPS) is 11.1. The van der Waals surface area contributed by atoms with E-state index in [1.54, 1.807) is 0 Å². The molecule has 1 amide bonds. The summed E-state index contributed by atoms with van der Waals surface area (Å²) in [5, 5.41) is 8.29. The van der Waals surface area contributed by atoms with Gasteiger partial charge in [0.15, 0.2) is 0 Å². The molecule has 0 bridgehead atoms. The van der Waals surface area contributed by atoms with Crippen molar-refractivity contribution < 1.29 is 27.9 Å². The molecule has 82 valence electrons. The van der Waals surface area contributed by atoms with Crippen molar-refractivity contribution in [2.24, 2.45) is 0 Å². The number of aliphatic carboxylic acids is 1. The number of carbonyl (C=O) groups is 2. The lowest BCUT2D eigenvalue weighted by Gasteiger charge is -2.19. The Morgan fingerprint density at radius 2 is 1.86 bits per heavy atom. The summed E-state index contributed by atoms with van der Waals surface area (Å²) in [5.74, 6) is -2.55. The summed E-state index contributed by atoms with van der Waals surface area (Å²) in [6.07, 6.45) is -6.21. The molecule has 0 aliphatic rings. The third kappa shape index (κ3) is 5.39. The molecular formula is C7H10F3NO3. The molecule has 0 spiro atoms. The maximum absolute atomic E-state index is 11.7. The smallest absolute Gasteiger partial charge is 0.397 e. The summed E-state index contributed by atoms with van der Waals surface area (Å²) in [4.78, 5) is 21.7. The van der Waals surface area contributed by atoms with Gasteiger partial charge in [0, 0.05) is 6.54 Å². The molecule has 0 aromatic carbocycles. The Hall–Kier alpha value is -1.27. The van der Waals surface area contributed by atoms with Crippen molar-refractivity contribution in [3.63, 3.8) is 0 Å². The Balaban J connectivity index is 4.25. The van der Waals surface area contributed by atoms with Crippen molar-refractivity contribution >= 4 is 11.9 Å². The molecule has 0 atom stereocenters. The summed E-state index contributed by atoms with van der Waals surface area (Å²) < 4.78 is 35.2. The maximum Gasteiger partial charge on any atom is 0.397 e. The van der Waals surface area contributed by atoms with Crippen molar-refractivity contribution in [3.05, 3.63) is 0 Å². The zero-order valence-corrected chi connectivity index (χ0v) is 7.47. The Morgan fingerprint density at radius 1 is 1.36 bits per heavy atom. The second-order valence-corrected chi connectivity index (χ2v) is 2.59. The van der Waals surface area contributed by atoms with Gasteiger partial charge in [0.1, 0.15) is 13.0 Å². The van der Waals surface area contributed by atoms with E-state index in [0.29, 0.717) is 4.90 Å². The number of nitrogens with zero attached hydrogens (tertiary/aromatic N) is 1. The first-order valence-corrected chi connectivity index (χ1v) is 3.82. The van der Waals surface area contributed by atoms with Crippen molar-refractivity contribution in [2.45, 2.75) is 19.5 Å². The Morgan fingerprint density at radius 3 is 2.14 bits per heavy atom. The molecule has 0 aliphatic carbocycles. The van der Waals surface area contributed by atoms with Crippen molar-refractivity contribution in [1.29, 1.82) is 0 Å². The van der Waals surface area contributed by atoms with E-state index >= 15 is 0 Å². The fourth-order valence-electron chi connectivity index (χ4n) is 0.823. The fraction of sp³-hybridized carbons (Fsp3) is 0.714. The predicted octanol–water partition coefficient (Wildman–Crippen LogP) is 0.872. The Kier molecular flexibility index (Phi) is 4.39. The van der Waals surface area contributed by atoms with Crippen LogP contribution in [0.5, 0.6) is 0 Å². The number of carboxylic acids is 1. The highest BCUT2D eigenvalue weighted by atomic mass is 19.4. The summed E-state index contributed by atoms with van der Waals surface area (Å²) in [5.41, 5.74) is 0. The number of alkyl halides is 3. The Bertz CT molecular complexity index is 227. The molecule has 0 aromatic rings. The molecule has 0 rings (SSSR count). The van der Waals surface area contributed by atoms with Crippen LogP contribution in [0.1, 0.15) is 13.3 Å². The van der Waals surface area contributed by atoms with Crippen LogP contribution in [0, 0.1) is 0 Å². The number of amides is 1. The Labute approximate surface area is 78.3 Å². The van der Waals surface area contributed by atoms with Gasteiger partial charge in [-0.25, -0.2) is 0 Å². The highest BCUT2D eigenvalue weighted by Gasteiger charge is 2.33. The molecule has 0 unspecified atom stereocenters. The lowest BCUT2D eigenvalue weighted by Crippen LogP contribution is -2.37. The van der Waals surface area contributed by atoms with Gasteiger partial charge in [-0.3, -0.25) is 9.59 Å². The van der Waals surface area contributed by atoms with Gasteiger partial charge in [0.2, 0.25) is 5.91 Å². The first kappa shape index (κ1) is 12.7. The minimum atomic E-state index is -4.59. The largest absolute Gasteiger partial charge is 0.480 e. The zero-order chi connectivity index (χ0) is 11.4. The molecule has 0 saturated carbocycles. The molecule has 1 N–H and O–H groups in total. The topological polar surface area (TPSA) is 57.6 Å². The quantitative estimate of drug-likeness (QED) is 0.753. The minimum Gasteiger partial charge on any atom is -0.480 e. The lowest BCUT2D eigenvalue weighted by molar-refractivity contribution is -0.163. The number of hydrogen-bond acceptors (Lipinski definition) is 2. The van der Waals surface area contributed by atoms with E-state index in [9.17, 15) is 22.8 Å². The predicted molar refractivity (Wildman–Crippen MR) is 40.6 cm³/mol. The number of carbonyl (C=O) groups excluding carboxylic acids is 1. The summed E-state index contributed by atoms with van der Waals surface area (Å²) in [6, 6.07) is 0. The van der Waals surface area contributed by atoms with Gasteiger partial charge in [-0.1, -0.05) is 0 Å². The molecule has 0 aromatic heterocycles. The monoisotopic (exact) mass is 213 g/mol. The van der Waals surface area contributed by atoms with E-state index in [0.717, 1.165) is 0 Å². The second-order valence-electron chi connectivity index (χ2n) is 2.59. The molecule has 0 aliphatic heterocycles. The molecule has 7 heteroatoms. The number of hydrogen-bond donors (Lipinski definition) is 1. The average Bonchev–Trinajstić information content (AvgIpc) is 1.96. The van der Waals surface area contributed by atoms with Gasteiger partial charge in [-0.15, -0.1) is 0 Å². The molecule has 0 fully saturated rings. The van der Waals surface area contributed by atoms with E-state index in [1.807, 2.05) is 0 Å². The second kappa shape index (κ2) is 4.83. The van der Waals surface area contributed by atoms with Crippen molar-refractivity contribution in [1.82, 2.24) is 4.90 Å². The molecule has 0 saturated heterocycles.